The fourth-order valence-corrected chi connectivity index (χ4v) is 3.45. The van der Waals surface area contributed by atoms with E-state index in [1.807, 2.05) is 6.07 Å². The Bertz CT molecular complexity index is 1350. The fourth-order valence-electron chi connectivity index (χ4n) is 3.45. The molecule has 0 aliphatic heterocycles. The first kappa shape index (κ1) is 20.2. The summed E-state index contributed by atoms with van der Waals surface area (Å²) >= 11 is 0. The monoisotopic (exact) mass is 421 g/mol. The normalized spacial score (nSPS) is 10.9. The standard InChI is InChI=1S/C23H19NO7/c1-28-15-7-8-16-14(9-21(25)31-20(16)10-15)13-30-22(26)12-24-11-18(23(27)29-2)17-5-3-4-6-19(17)24/h3-11H,12-13H2,1-2H3. The molecule has 2 heterocycles. The van der Waals surface area contributed by atoms with E-state index in [0.717, 1.165) is 0 Å². The fraction of sp³-hybridized carbons (Fsp3) is 0.174. The van der Waals surface area contributed by atoms with Crippen molar-refractivity contribution in [3.63, 3.8) is 0 Å². The van der Waals surface area contributed by atoms with E-state index in [2.05, 4.69) is 0 Å². The third-order valence-electron chi connectivity index (χ3n) is 4.92. The van der Waals surface area contributed by atoms with E-state index in [0.29, 0.717) is 38.7 Å². The van der Waals surface area contributed by atoms with E-state index in [9.17, 15) is 14.4 Å². The summed E-state index contributed by atoms with van der Waals surface area (Å²) < 4.78 is 22.2. The van der Waals surface area contributed by atoms with E-state index in [-0.39, 0.29) is 13.2 Å². The zero-order valence-corrected chi connectivity index (χ0v) is 16.9. The van der Waals surface area contributed by atoms with Crippen molar-refractivity contribution in [1.82, 2.24) is 4.57 Å². The van der Waals surface area contributed by atoms with Crippen molar-refractivity contribution >= 4 is 33.8 Å². The van der Waals surface area contributed by atoms with Crippen molar-refractivity contribution in [3.05, 3.63) is 76.3 Å². The second kappa shape index (κ2) is 8.35. The summed E-state index contributed by atoms with van der Waals surface area (Å²) in [5.41, 5.74) is 1.39. The van der Waals surface area contributed by atoms with Crippen LogP contribution in [0.3, 0.4) is 0 Å². The van der Waals surface area contributed by atoms with Gasteiger partial charge in [0.1, 0.15) is 24.5 Å². The van der Waals surface area contributed by atoms with Gasteiger partial charge in [-0.05, 0) is 18.2 Å². The zero-order valence-electron chi connectivity index (χ0n) is 16.9. The molecule has 0 spiro atoms. The molecule has 2 aromatic heterocycles. The van der Waals surface area contributed by atoms with Gasteiger partial charge < -0.3 is 23.2 Å². The lowest BCUT2D eigenvalue weighted by Crippen LogP contribution is -2.14. The highest BCUT2D eigenvalue weighted by molar-refractivity contribution is 6.04. The minimum Gasteiger partial charge on any atom is -0.497 e. The van der Waals surface area contributed by atoms with Crippen LogP contribution in [0.1, 0.15) is 15.9 Å². The van der Waals surface area contributed by atoms with Crippen LogP contribution in [0.25, 0.3) is 21.9 Å². The Morgan fingerprint density at radius 3 is 2.61 bits per heavy atom. The Balaban J connectivity index is 1.56. The average molecular weight is 421 g/mol. The van der Waals surface area contributed by atoms with Crippen molar-refractivity contribution in [1.29, 1.82) is 0 Å². The highest BCUT2D eigenvalue weighted by Crippen LogP contribution is 2.24. The van der Waals surface area contributed by atoms with Crippen LogP contribution in [0.2, 0.25) is 0 Å². The molecule has 0 aliphatic rings. The molecule has 0 aliphatic carbocycles. The third kappa shape index (κ3) is 4.00. The first-order valence-corrected chi connectivity index (χ1v) is 9.42. The van der Waals surface area contributed by atoms with Gasteiger partial charge in [-0.25, -0.2) is 9.59 Å². The van der Waals surface area contributed by atoms with Crippen LogP contribution >= 0.6 is 0 Å². The second-order valence-electron chi connectivity index (χ2n) is 6.79. The van der Waals surface area contributed by atoms with Gasteiger partial charge in [-0.1, -0.05) is 18.2 Å². The molecule has 8 nitrogen and oxygen atoms in total. The van der Waals surface area contributed by atoms with Crippen LogP contribution in [0, 0.1) is 0 Å². The van der Waals surface area contributed by atoms with E-state index in [1.54, 1.807) is 47.2 Å². The first-order chi connectivity index (χ1) is 15.0. The van der Waals surface area contributed by atoms with Gasteiger partial charge in [0.05, 0.1) is 19.8 Å². The second-order valence-corrected chi connectivity index (χ2v) is 6.79. The van der Waals surface area contributed by atoms with Crippen molar-refractivity contribution in [3.8, 4) is 5.75 Å². The van der Waals surface area contributed by atoms with Crippen molar-refractivity contribution in [2.24, 2.45) is 0 Å². The summed E-state index contributed by atoms with van der Waals surface area (Å²) in [6.45, 7) is -0.207. The third-order valence-corrected chi connectivity index (χ3v) is 4.92. The summed E-state index contributed by atoms with van der Waals surface area (Å²) in [7, 11) is 2.82. The number of fused-ring (bicyclic) bond motifs is 2. The minimum absolute atomic E-state index is 0.101. The van der Waals surface area contributed by atoms with Crippen LogP contribution in [-0.4, -0.2) is 30.7 Å². The number of benzene rings is 2. The van der Waals surface area contributed by atoms with Gasteiger partial charge in [-0.3, -0.25) is 4.79 Å². The molecule has 8 heteroatoms. The summed E-state index contributed by atoms with van der Waals surface area (Å²) in [6.07, 6.45) is 1.57. The van der Waals surface area contributed by atoms with Gasteiger partial charge in [-0.2, -0.15) is 0 Å². The number of hydrogen-bond acceptors (Lipinski definition) is 7. The number of nitrogens with zero attached hydrogens (tertiary/aromatic N) is 1. The molecule has 0 N–H and O–H groups in total. The predicted molar refractivity (Wildman–Crippen MR) is 112 cm³/mol. The SMILES string of the molecule is COC(=O)c1cn(CC(=O)OCc2cc(=O)oc3cc(OC)ccc23)c2ccccc12. The predicted octanol–water partition coefficient (Wildman–Crippen LogP) is 3.29. The molecule has 0 saturated heterocycles. The van der Waals surface area contributed by atoms with Gasteiger partial charge in [0.2, 0.25) is 0 Å². The Kier molecular flexibility index (Phi) is 5.44. The van der Waals surface area contributed by atoms with Gasteiger partial charge in [0, 0.05) is 40.2 Å². The van der Waals surface area contributed by atoms with Crippen LogP contribution in [0.4, 0.5) is 0 Å². The molecule has 0 bridgehead atoms. The number of rotatable bonds is 6. The largest absolute Gasteiger partial charge is 0.497 e. The van der Waals surface area contributed by atoms with Crippen molar-refractivity contribution < 1.29 is 28.2 Å². The molecule has 31 heavy (non-hydrogen) atoms. The minimum atomic E-state index is -0.550. The molecule has 0 saturated carbocycles. The van der Waals surface area contributed by atoms with Crippen LogP contribution in [-0.2, 0) is 27.4 Å². The van der Waals surface area contributed by atoms with Crippen molar-refractivity contribution in [2.75, 3.05) is 14.2 Å². The lowest BCUT2D eigenvalue weighted by Gasteiger charge is -2.09. The van der Waals surface area contributed by atoms with Gasteiger partial charge in [0.25, 0.3) is 0 Å². The molecule has 0 unspecified atom stereocenters. The van der Waals surface area contributed by atoms with Crippen LogP contribution < -0.4 is 10.4 Å². The van der Waals surface area contributed by atoms with E-state index < -0.39 is 17.6 Å². The number of carbonyl (C=O) groups excluding carboxylic acids is 2. The maximum absolute atomic E-state index is 12.5. The Labute approximate surface area is 176 Å². The first-order valence-electron chi connectivity index (χ1n) is 9.42. The smallest absolute Gasteiger partial charge is 0.340 e. The molecule has 0 amide bonds. The van der Waals surface area contributed by atoms with Gasteiger partial charge in [0.15, 0.2) is 0 Å². The Morgan fingerprint density at radius 1 is 1.03 bits per heavy atom. The number of methoxy groups -OCH3 is 2. The highest BCUT2D eigenvalue weighted by atomic mass is 16.5. The molecular formula is C23H19NO7. The number of esters is 2. The van der Waals surface area contributed by atoms with Gasteiger partial charge in [-0.15, -0.1) is 0 Å². The van der Waals surface area contributed by atoms with Crippen molar-refractivity contribution in [2.45, 2.75) is 13.2 Å². The molecule has 2 aromatic carbocycles. The van der Waals surface area contributed by atoms with E-state index in [1.165, 1.54) is 20.3 Å². The summed E-state index contributed by atoms with van der Waals surface area (Å²) in [4.78, 5) is 36.4. The number of carbonyl (C=O) groups is 2. The number of hydrogen-bond donors (Lipinski definition) is 0. The van der Waals surface area contributed by atoms with Crippen LogP contribution in [0.15, 0.2) is 63.9 Å². The summed E-state index contributed by atoms with van der Waals surface area (Å²) in [5.74, 6) is -0.459. The van der Waals surface area contributed by atoms with Gasteiger partial charge >= 0.3 is 17.6 Å². The number of ether oxygens (including phenoxy) is 3. The summed E-state index contributed by atoms with van der Waals surface area (Å²) in [5, 5.41) is 1.33. The maximum Gasteiger partial charge on any atom is 0.340 e. The maximum atomic E-state index is 12.5. The van der Waals surface area contributed by atoms with E-state index in [4.69, 9.17) is 18.6 Å². The lowest BCUT2D eigenvalue weighted by molar-refractivity contribution is -0.145. The Hall–Kier alpha value is -4.07. The van der Waals surface area contributed by atoms with Crippen LogP contribution in [0.5, 0.6) is 5.75 Å². The molecule has 4 aromatic rings. The summed E-state index contributed by atoms with van der Waals surface area (Å²) in [6, 6.07) is 13.6. The highest BCUT2D eigenvalue weighted by Gasteiger charge is 2.17. The number of para-hydroxylation sites is 1. The lowest BCUT2D eigenvalue weighted by atomic mass is 10.1. The zero-order chi connectivity index (χ0) is 22.0. The molecule has 0 radical (unpaired) electrons. The topological polar surface area (TPSA) is 97.0 Å². The molecular weight excluding hydrogens is 402 g/mol. The molecule has 0 atom stereocenters. The molecule has 0 fully saturated rings. The molecule has 4 rings (SSSR count). The quantitative estimate of drug-likeness (QED) is 0.348. The molecule has 158 valence electrons. The average Bonchev–Trinajstić information content (AvgIpc) is 3.14. The Morgan fingerprint density at radius 2 is 1.84 bits per heavy atom. The van der Waals surface area contributed by atoms with E-state index >= 15 is 0 Å². The number of aromatic nitrogens is 1.